The van der Waals surface area contributed by atoms with Crippen molar-refractivity contribution in [3.05, 3.63) is 24.3 Å². The quantitative estimate of drug-likeness (QED) is 0.716. The van der Waals surface area contributed by atoms with Crippen molar-refractivity contribution in [2.45, 2.75) is 37.6 Å². The molecule has 1 aromatic rings. The number of nitrogens with two attached hydrogens (primary N) is 1. The lowest BCUT2D eigenvalue weighted by Crippen LogP contribution is -2.48. The molecule has 1 aromatic carbocycles. The van der Waals surface area contributed by atoms with E-state index in [1.807, 2.05) is 38.4 Å². The normalized spacial score (nSPS) is 15.3. The summed E-state index contributed by atoms with van der Waals surface area (Å²) in [5.41, 5.74) is 6.20. The Morgan fingerprint density at radius 1 is 1.29 bits per heavy atom. The largest absolute Gasteiger partial charge is 0.493 e. The minimum Gasteiger partial charge on any atom is -0.493 e. The zero-order valence-corrected chi connectivity index (χ0v) is 16.0. The average Bonchev–Trinajstić information content (AvgIpc) is 2.92. The number of halogens is 2. The first-order valence-electron chi connectivity index (χ1n) is 7.97. The third kappa shape index (κ3) is 6.85. The van der Waals surface area contributed by atoms with Crippen LogP contribution in [0.4, 0.5) is 5.69 Å². The molecule has 7 heteroatoms. The van der Waals surface area contributed by atoms with E-state index in [1.165, 1.54) is 0 Å². The SMILES string of the molecule is CN(C)CCCOc1cccc(NC(=O)C2(N)CCCC2)c1.Cl.Cl. The van der Waals surface area contributed by atoms with Crippen LogP contribution in [-0.4, -0.2) is 43.6 Å². The van der Waals surface area contributed by atoms with Crippen LogP contribution in [0.5, 0.6) is 5.75 Å². The van der Waals surface area contributed by atoms with E-state index in [-0.39, 0.29) is 30.7 Å². The molecular formula is C17H29Cl2N3O2. The Bertz CT molecular complexity index is 506. The number of nitrogens with zero attached hydrogens (tertiary/aromatic N) is 1. The van der Waals surface area contributed by atoms with E-state index in [1.54, 1.807) is 0 Å². The van der Waals surface area contributed by atoms with Gasteiger partial charge in [0.15, 0.2) is 0 Å². The maximum atomic E-state index is 12.3. The second-order valence-electron chi connectivity index (χ2n) is 6.35. The second-order valence-corrected chi connectivity index (χ2v) is 6.35. The Balaban J connectivity index is 0.00000264. The van der Waals surface area contributed by atoms with Crippen molar-refractivity contribution >= 4 is 36.4 Å². The summed E-state index contributed by atoms with van der Waals surface area (Å²) in [5, 5.41) is 2.92. The highest BCUT2D eigenvalue weighted by Crippen LogP contribution is 2.29. The van der Waals surface area contributed by atoms with Crippen molar-refractivity contribution in [2.24, 2.45) is 5.73 Å². The number of carbonyl (C=O) groups excluding carboxylic acids is 1. The van der Waals surface area contributed by atoms with Crippen LogP contribution in [0.1, 0.15) is 32.1 Å². The fourth-order valence-corrected chi connectivity index (χ4v) is 2.72. The smallest absolute Gasteiger partial charge is 0.244 e. The van der Waals surface area contributed by atoms with Gasteiger partial charge >= 0.3 is 0 Å². The van der Waals surface area contributed by atoms with Gasteiger partial charge in [-0.15, -0.1) is 24.8 Å². The number of hydrogen-bond acceptors (Lipinski definition) is 4. The molecule has 0 spiro atoms. The number of amides is 1. The average molecular weight is 378 g/mol. The van der Waals surface area contributed by atoms with Crippen molar-refractivity contribution in [1.29, 1.82) is 0 Å². The van der Waals surface area contributed by atoms with E-state index in [0.717, 1.165) is 50.1 Å². The second kappa shape index (κ2) is 10.8. The summed E-state index contributed by atoms with van der Waals surface area (Å²) in [5.74, 6) is 0.684. The van der Waals surface area contributed by atoms with Gasteiger partial charge in [0, 0.05) is 18.3 Å². The summed E-state index contributed by atoms with van der Waals surface area (Å²) >= 11 is 0. The zero-order chi connectivity index (χ0) is 16.0. The molecule has 0 saturated heterocycles. The molecule has 2 rings (SSSR count). The van der Waals surface area contributed by atoms with Crippen LogP contribution in [0.25, 0.3) is 0 Å². The Morgan fingerprint density at radius 3 is 2.58 bits per heavy atom. The van der Waals surface area contributed by atoms with E-state index < -0.39 is 5.54 Å². The van der Waals surface area contributed by atoms with E-state index >= 15 is 0 Å². The molecule has 5 nitrogen and oxygen atoms in total. The van der Waals surface area contributed by atoms with E-state index in [0.29, 0.717) is 6.61 Å². The highest BCUT2D eigenvalue weighted by Gasteiger charge is 2.36. The summed E-state index contributed by atoms with van der Waals surface area (Å²) in [6.07, 6.45) is 4.55. The third-order valence-electron chi connectivity index (χ3n) is 4.06. The molecule has 1 fully saturated rings. The number of rotatable bonds is 7. The van der Waals surface area contributed by atoms with Crippen molar-refractivity contribution in [3.8, 4) is 5.75 Å². The fourth-order valence-electron chi connectivity index (χ4n) is 2.72. The molecule has 0 aliphatic heterocycles. The van der Waals surface area contributed by atoms with Gasteiger partial charge in [-0.05, 0) is 45.5 Å². The molecule has 3 N–H and O–H groups in total. The summed E-state index contributed by atoms with van der Waals surface area (Å²) < 4.78 is 5.72. The van der Waals surface area contributed by atoms with Gasteiger partial charge < -0.3 is 20.7 Å². The van der Waals surface area contributed by atoms with Gasteiger partial charge in [0.2, 0.25) is 5.91 Å². The van der Waals surface area contributed by atoms with Gasteiger partial charge in [-0.1, -0.05) is 18.9 Å². The fraction of sp³-hybridized carbons (Fsp3) is 0.588. The number of carbonyl (C=O) groups is 1. The Hall–Kier alpha value is -1.01. The first kappa shape index (κ1) is 23.0. The van der Waals surface area contributed by atoms with Gasteiger partial charge in [-0.3, -0.25) is 4.79 Å². The summed E-state index contributed by atoms with van der Waals surface area (Å²) in [6, 6.07) is 7.50. The van der Waals surface area contributed by atoms with Crippen LogP contribution in [0.2, 0.25) is 0 Å². The van der Waals surface area contributed by atoms with Crippen LogP contribution in [-0.2, 0) is 4.79 Å². The summed E-state index contributed by atoms with van der Waals surface area (Å²) in [7, 11) is 4.09. The zero-order valence-electron chi connectivity index (χ0n) is 14.4. The first-order valence-corrected chi connectivity index (χ1v) is 7.97. The molecule has 1 saturated carbocycles. The molecule has 24 heavy (non-hydrogen) atoms. The lowest BCUT2D eigenvalue weighted by molar-refractivity contribution is -0.121. The lowest BCUT2D eigenvalue weighted by atomic mass is 9.98. The number of nitrogens with one attached hydrogen (secondary N) is 1. The molecular weight excluding hydrogens is 349 g/mol. The monoisotopic (exact) mass is 377 g/mol. The van der Waals surface area contributed by atoms with Crippen molar-refractivity contribution < 1.29 is 9.53 Å². The third-order valence-corrected chi connectivity index (χ3v) is 4.06. The van der Waals surface area contributed by atoms with Gasteiger partial charge in [-0.25, -0.2) is 0 Å². The van der Waals surface area contributed by atoms with E-state index in [9.17, 15) is 4.79 Å². The molecule has 0 radical (unpaired) electrons. The van der Waals surface area contributed by atoms with Gasteiger partial charge in [0.05, 0.1) is 12.1 Å². The van der Waals surface area contributed by atoms with E-state index in [4.69, 9.17) is 10.5 Å². The van der Waals surface area contributed by atoms with Crippen LogP contribution in [0.3, 0.4) is 0 Å². The first-order chi connectivity index (χ1) is 10.5. The van der Waals surface area contributed by atoms with E-state index in [2.05, 4.69) is 10.2 Å². The highest BCUT2D eigenvalue weighted by atomic mass is 35.5. The standard InChI is InChI=1S/C17H27N3O2.2ClH/c1-20(2)11-6-12-22-15-8-5-7-14(13-15)19-16(21)17(18)9-3-4-10-17;;/h5,7-8,13H,3-4,6,9-12,18H2,1-2H3,(H,19,21);2*1H. The maximum Gasteiger partial charge on any atom is 0.244 e. The Kier molecular flexibility index (Phi) is 10.3. The number of hydrogen-bond donors (Lipinski definition) is 2. The predicted octanol–water partition coefficient (Wildman–Crippen LogP) is 3.07. The number of benzene rings is 1. The van der Waals surface area contributed by atoms with Crippen molar-refractivity contribution in [3.63, 3.8) is 0 Å². The highest BCUT2D eigenvalue weighted by molar-refractivity contribution is 5.98. The van der Waals surface area contributed by atoms with Crippen LogP contribution >= 0.6 is 24.8 Å². The molecule has 0 heterocycles. The molecule has 0 unspecified atom stereocenters. The summed E-state index contributed by atoms with van der Waals surface area (Å²) in [6.45, 7) is 1.66. The van der Waals surface area contributed by atoms with Crippen LogP contribution < -0.4 is 15.8 Å². The van der Waals surface area contributed by atoms with Gasteiger partial charge in [-0.2, -0.15) is 0 Å². The van der Waals surface area contributed by atoms with Gasteiger partial charge in [0.1, 0.15) is 5.75 Å². The molecule has 0 bridgehead atoms. The molecule has 0 aromatic heterocycles. The molecule has 0 atom stereocenters. The number of anilines is 1. The summed E-state index contributed by atoms with van der Waals surface area (Å²) in [4.78, 5) is 14.4. The van der Waals surface area contributed by atoms with Crippen molar-refractivity contribution in [2.75, 3.05) is 32.6 Å². The molecule has 138 valence electrons. The minimum absolute atomic E-state index is 0. The lowest BCUT2D eigenvalue weighted by Gasteiger charge is -2.22. The molecule has 1 aliphatic rings. The maximum absolute atomic E-state index is 12.3. The van der Waals surface area contributed by atoms with Crippen LogP contribution in [0.15, 0.2) is 24.3 Å². The molecule has 1 amide bonds. The number of ether oxygens (including phenoxy) is 1. The Labute approximate surface area is 157 Å². The van der Waals surface area contributed by atoms with Crippen molar-refractivity contribution in [1.82, 2.24) is 4.90 Å². The predicted molar refractivity (Wildman–Crippen MR) is 104 cm³/mol. The van der Waals surface area contributed by atoms with Crippen LogP contribution in [0, 0.1) is 0 Å². The minimum atomic E-state index is -0.706. The van der Waals surface area contributed by atoms with Gasteiger partial charge in [0.25, 0.3) is 0 Å². The Morgan fingerprint density at radius 2 is 1.96 bits per heavy atom. The topological polar surface area (TPSA) is 67.6 Å². The molecule has 1 aliphatic carbocycles.